The van der Waals surface area contributed by atoms with Crippen LogP contribution in [-0.4, -0.2) is 38.4 Å². The maximum absolute atomic E-state index is 11.9. The maximum Gasteiger partial charge on any atom is 0.168 e. The van der Waals surface area contributed by atoms with Gasteiger partial charge in [0.15, 0.2) is 5.79 Å². The van der Waals surface area contributed by atoms with Crippen molar-refractivity contribution in [1.82, 2.24) is 0 Å². The summed E-state index contributed by atoms with van der Waals surface area (Å²) in [6.07, 6.45) is 4.53. The minimum Gasteiger partial charge on any atom is -0.378 e. The number of alkyl halides is 1. The highest BCUT2D eigenvalue weighted by atomic mass is 19.1. The lowest BCUT2D eigenvalue weighted by Gasteiger charge is -2.35. The van der Waals surface area contributed by atoms with Gasteiger partial charge in [-0.05, 0) is 19.3 Å². The molecule has 1 aliphatic carbocycles. The second-order valence-corrected chi connectivity index (χ2v) is 4.22. The van der Waals surface area contributed by atoms with Crippen LogP contribution in [0.5, 0.6) is 0 Å². The Labute approximate surface area is 89.9 Å². The maximum atomic E-state index is 11.9. The molecule has 0 aromatic heterocycles. The molecular weight excluding hydrogens is 199 g/mol. The molecule has 0 unspecified atom stereocenters. The van der Waals surface area contributed by atoms with Crippen molar-refractivity contribution in [3.63, 3.8) is 0 Å². The molecular formula is C11H19FO3. The Balaban J connectivity index is 1.67. The van der Waals surface area contributed by atoms with E-state index in [1.54, 1.807) is 0 Å². The second-order valence-electron chi connectivity index (χ2n) is 4.22. The zero-order valence-corrected chi connectivity index (χ0v) is 9.04. The summed E-state index contributed by atoms with van der Waals surface area (Å²) < 4.78 is 28.7. The van der Waals surface area contributed by atoms with Gasteiger partial charge in [-0.3, -0.25) is 4.39 Å². The molecule has 3 nitrogen and oxygen atoms in total. The molecule has 4 heteroatoms. The van der Waals surface area contributed by atoms with Crippen molar-refractivity contribution in [2.24, 2.45) is 0 Å². The molecule has 2 aliphatic rings. The standard InChI is InChI=1S/C11H19FO3/c12-6-1-7-13-10-2-4-11(5-3-10)14-8-9-15-11/h10H,1-9H2. The number of hydrogen-bond donors (Lipinski definition) is 0. The molecule has 0 atom stereocenters. The SMILES string of the molecule is FCCCOC1CCC2(CC1)OCCO2. The fourth-order valence-corrected chi connectivity index (χ4v) is 2.29. The van der Waals surface area contributed by atoms with Gasteiger partial charge < -0.3 is 14.2 Å². The summed E-state index contributed by atoms with van der Waals surface area (Å²) in [7, 11) is 0. The Hall–Kier alpha value is -0.190. The molecule has 0 radical (unpaired) electrons. The number of halogens is 1. The first-order chi connectivity index (χ1) is 7.35. The third-order valence-electron chi connectivity index (χ3n) is 3.14. The van der Waals surface area contributed by atoms with Crippen molar-refractivity contribution in [2.75, 3.05) is 26.5 Å². The first-order valence-corrected chi connectivity index (χ1v) is 5.80. The summed E-state index contributed by atoms with van der Waals surface area (Å²) in [6.45, 7) is 1.68. The van der Waals surface area contributed by atoms with Crippen molar-refractivity contribution >= 4 is 0 Å². The van der Waals surface area contributed by atoms with Crippen LogP contribution in [0.4, 0.5) is 4.39 Å². The summed E-state index contributed by atoms with van der Waals surface area (Å²) in [5.74, 6) is -0.306. The fraction of sp³-hybridized carbons (Fsp3) is 1.00. The molecule has 0 bridgehead atoms. The van der Waals surface area contributed by atoms with Crippen molar-refractivity contribution < 1.29 is 18.6 Å². The van der Waals surface area contributed by atoms with E-state index in [2.05, 4.69) is 0 Å². The van der Waals surface area contributed by atoms with Crippen molar-refractivity contribution in [1.29, 1.82) is 0 Å². The Morgan fingerprint density at radius 3 is 2.47 bits per heavy atom. The Bertz CT molecular complexity index is 182. The summed E-state index contributed by atoms with van der Waals surface area (Å²) in [6, 6.07) is 0. The number of rotatable bonds is 4. The Morgan fingerprint density at radius 2 is 1.87 bits per heavy atom. The Morgan fingerprint density at radius 1 is 1.20 bits per heavy atom. The van der Waals surface area contributed by atoms with Crippen LogP contribution in [0.1, 0.15) is 32.1 Å². The van der Waals surface area contributed by atoms with Crippen LogP contribution in [0.15, 0.2) is 0 Å². The van der Waals surface area contributed by atoms with Crippen molar-refractivity contribution in [3.05, 3.63) is 0 Å². The minimum atomic E-state index is -0.306. The average Bonchev–Trinajstić information content (AvgIpc) is 2.71. The van der Waals surface area contributed by atoms with E-state index >= 15 is 0 Å². The number of ether oxygens (including phenoxy) is 3. The van der Waals surface area contributed by atoms with Crippen LogP contribution < -0.4 is 0 Å². The lowest BCUT2D eigenvalue weighted by atomic mass is 9.92. The molecule has 1 aliphatic heterocycles. The summed E-state index contributed by atoms with van der Waals surface area (Å²) >= 11 is 0. The van der Waals surface area contributed by atoms with E-state index in [9.17, 15) is 4.39 Å². The lowest BCUT2D eigenvalue weighted by molar-refractivity contribution is -0.191. The molecule has 0 amide bonds. The molecule has 1 saturated heterocycles. The zero-order valence-electron chi connectivity index (χ0n) is 9.04. The van der Waals surface area contributed by atoms with E-state index in [1.807, 2.05) is 0 Å². The normalized spacial score (nSPS) is 26.2. The third-order valence-corrected chi connectivity index (χ3v) is 3.14. The predicted octanol–water partition coefficient (Wildman–Crippen LogP) is 2.05. The first kappa shape index (κ1) is 11.3. The van der Waals surface area contributed by atoms with Gasteiger partial charge in [-0.1, -0.05) is 0 Å². The van der Waals surface area contributed by atoms with Gasteiger partial charge >= 0.3 is 0 Å². The first-order valence-electron chi connectivity index (χ1n) is 5.80. The largest absolute Gasteiger partial charge is 0.378 e. The van der Waals surface area contributed by atoms with Crippen LogP contribution in [-0.2, 0) is 14.2 Å². The van der Waals surface area contributed by atoms with Gasteiger partial charge in [-0.25, -0.2) is 0 Å². The van der Waals surface area contributed by atoms with Crippen molar-refractivity contribution in [3.8, 4) is 0 Å². The molecule has 0 aromatic carbocycles. The van der Waals surface area contributed by atoms with Gasteiger partial charge in [-0.2, -0.15) is 0 Å². The third kappa shape index (κ3) is 2.89. The van der Waals surface area contributed by atoms with E-state index in [-0.39, 0.29) is 18.6 Å². The number of hydrogen-bond acceptors (Lipinski definition) is 3. The molecule has 1 spiro atoms. The highest BCUT2D eigenvalue weighted by molar-refractivity contribution is 4.82. The predicted molar refractivity (Wildman–Crippen MR) is 53.4 cm³/mol. The molecule has 0 aromatic rings. The molecule has 88 valence electrons. The van der Waals surface area contributed by atoms with Gasteiger partial charge in [0.25, 0.3) is 0 Å². The fourth-order valence-electron chi connectivity index (χ4n) is 2.29. The van der Waals surface area contributed by atoms with E-state index in [0.29, 0.717) is 26.2 Å². The van der Waals surface area contributed by atoms with Crippen LogP contribution in [0.2, 0.25) is 0 Å². The topological polar surface area (TPSA) is 27.7 Å². The monoisotopic (exact) mass is 218 g/mol. The minimum absolute atomic E-state index is 0.273. The Kier molecular flexibility index (Phi) is 3.94. The van der Waals surface area contributed by atoms with Crippen LogP contribution in [0.25, 0.3) is 0 Å². The van der Waals surface area contributed by atoms with E-state index in [0.717, 1.165) is 25.7 Å². The van der Waals surface area contributed by atoms with Crippen LogP contribution in [0.3, 0.4) is 0 Å². The molecule has 2 rings (SSSR count). The molecule has 2 fully saturated rings. The highest BCUT2D eigenvalue weighted by Gasteiger charge is 2.40. The van der Waals surface area contributed by atoms with Gasteiger partial charge in [0, 0.05) is 19.4 Å². The van der Waals surface area contributed by atoms with Gasteiger partial charge in [-0.15, -0.1) is 0 Å². The zero-order chi connectivity index (χ0) is 10.6. The lowest BCUT2D eigenvalue weighted by Crippen LogP contribution is -2.37. The van der Waals surface area contributed by atoms with Gasteiger partial charge in [0.2, 0.25) is 0 Å². The molecule has 1 heterocycles. The smallest absolute Gasteiger partial charge is 0.168 e. The highest BCUT2D eigenvalue weighted by Crippen LogP contribution is 2.36. The molecule has 1 saturated carbocycles. The van der Waals surface area contributed by atoms with E-state index < -0.39 is 0 Å². The quantitative estimate of drug-likeness (QED) is 0.676. The van der Waals surface area contributed by atoms with Crippen molar-refractivity contribution in [2.45, 2.75) is 44.0 Å². The molecule has 15 heavy (non-hydrogen) atoms. The summed E-state index contributed by atoms with van der Waals surface area (Å²) in [5, 5.41) is 0. The summed E-state index contributed by atoms with van der Waals surface area (Å²) in [4.78, 5) is 0. The summed E-state index contributed by atoms with van der Waals surface area (Å²) in [5.41, 5.74) is 0. The second kappa shape index (κ2) is 5.23. The van der Waals surface area contributed by atoms with Crippen LogP contribution in [0, 0.1) is 0 Å². The molecule has 0 N–H and O–H groups in total. The van der Waals surface area contributed by atoms with Crippen LogP contribution >= 0.6 is 0 Å². The average molecular weight is 218 g/mol. The van der Waals surface area contributed by atoms with E-state index in [1.165, 1.54) is 0 Å². The van der Waals surface area contributed by atoms with E-state index in [4.69, 9.17) is 14.2 Å². The van der Waals surface area contributed by atoms with Gasteiger partial charge in [0.1, 0.15) is 0 Å². The van der Waals surface area contributed by atoms with Gasteiger partial charge in [0.05, 0.1) is 26.0 Å².